The van der Waals surface area contributed by atoms with E-state index in [0.29, 0.717) is 12.8 Å². The van der Waals surface area contributed by atoms with Crippen molar-refractivity contribution in [1.82, 2.24) is 5.32 Å². The summed E-state index contributed by atoms with van der Waals surface area (Å²) in [5, 5.41) is 11.8. The van der Waals surface area contributed by atoms with E-state index >= 15 is 0 Å². The Morgan fingerprint density at radius 3 is 2.67 bits per heavy atom. The summed E-state index contributed by atoms with van der Waals surface area (Å²) in [6.07, 6.45) is 2.33. The first kappa shape index (κ1) is 15.0. The highest BCUT2D eigenvalue weighted by atomic mass is 16.6. The van der Waals surface area contributed by atoms with Gasteiger partial charge in [-0.1, -0.05) is 0 Å². The molecule has 104 valence electrons. The van der Waals surface area contributed by atoms with E-state index in [2.05, 4.69) is 5.32 Å². The third kappa shape index (κ3) is 5.04. The van der Waals surface area contributed by atoms with Crippen LogP contribution in [0.25, 0.3) is 0 Å². The van der Waals surface area contributed by atoms with Crippen molar-refractivity contribution in [2.24, 2.45) is 5.92 Å². The Kier molecular flexibility index (Phi) is 5.14. The predicted octanol–water partition coefficient (Wildman–Crippen LogP) is 1.63. The molecule has 1 aliphatic carbocycles. The number of ether oxygens (including phenoxy) is 1. The molecule has 0 saturated heterocycles. The minimum atomic E-state index is -0.562. The molecule has 1 aliphatic rings. The second-order valence-electron chi connectivity index (χ2n) is 5.82. The maximum atomic E-state index is 11.6. The molecule has 5 heteroatoms. The van der Waals surface area contributed by atoms with E-state index in [1.807, 2.05) is 0 Å². The van der Waals surface area contributed by atoms with Crippen LogP contribution >= 0.6 is 0 Å². The molecule has 2 atom stereocenters. The summed E-state index contributed by atoms with van der Waals surface area (Å²) in [5.74, 6) is 0.205. The Hall–Kier alpha value is -1.10. The zero-order chi connectivity index (χ0) is 13.8. The number of aliphatic hydroxyl groups excluding tert-OH is 1. The molecule has 0 aromatic carbocycles. The number of rotatable bonds is 4. The van der Waals surface area contributed by atoms with E-state index in [4.69, 9.17) is 4.74 Å². The van der Waals surface area contributed by atoms with Crippen molar-refractivity contribution in [3.05, 3.63) is 0 Å². The van der Waals surface area contributed by atoms with Gasteiger partial charge in [0.2, 0.25) is 0 Å². The van der Waals surface area contributed by atoms with Crippen molar-refractivity contribution in [3.8, 4) is 0 Å². The number of aliphatic hydroxyl groups is 1. The molecule has 0 aromatic rings. The van der Waals surface area contributed by atoms with E-state index < -0.39 is 17.7 Å². The smallest absolute Gasteiger partial charge is 0.407 e. The lowest BCUT2D eigenvalue weighted by Crippen LogP contribution is -2.42. The van der Waals surface area contributed by atoms with Crippen LogP contribution in [0.5, 0.6) is 0 Å². The lowest BCUT2D eigenvalue weighted by atomic mass is 9.98. The van der Waals surface area contributed by atoms with Gasteiger partial charge in [-0.2, -0.15) is 0 Å². The number of hydrogen-bond acceptors (Lipinski definition) is 4. The third-order valence-corrected chi connectivity index (χ3v) is 2.94. The molecular formula is C13H23NO4. The quantitative estimate of drug-likeness (QED) is 0.802. The van der Waals surface area contributed by atoms with Crippen molar-refractivity contribution in [1.29, 1.82) is 0 Å². The predicted molar refractivity (Wildman–Crippen MR) is 67.2 cm³/mol. The van der Waals surface area contributed by atoms with Gasteiger partial charge in [-0.3, -0.25) is 4.79 Å². The average Bonchev–Trinajstić information content (AvgIpc) is 2.60. The summed E-state index contributed by atoms with van der Waals surface area (Å²) in [6, 6.07) is -0.410. The van der Waals surface area contributed by atoms with E-state index in [9.17, 15) is 14.7 Å². The lowest BCUT2D eigenvalue weighted by molar-refractivity contribution is -0.121. The van der Waals surface area contributed by atoms with Gasteiger partial charge in [-0.25, -0.2) is 4.79 Å². The van der Waals surface area contributed by atoms with Gasteiger partial charge >= 0.3 is 6.09 Å². The Morgan fingerprint density at radius 1 is 1.56 bits per heavy atom. The van der Waals surface area contributed by atoms with Crippen LogP contribution in [0, 0.1) is 5.92 Å². The summed E-state index contributed by atoms with van der Waals surface area (Å²) in [6.45, 7) is 5.16. The second-order valence-corrected chi connectivity index (χ2v) is 5.82. The number of alkyl carbamates (subject to hydrolysis) is 1. The zero-order valence-corrected chi connectivity index (χ0v) is 11.4. The number of ketones is 1. The maximum absolute atomic E-state index is 11.6. The van der Waals surface area contributed by atoms with Crippen molar-refractivity contribution >= 4 is 11.9 Å². The number of carbonyl (C=O) groups excluding carboxylic acids is 2. The fourth-order valence-corrected chi connectivity index (χ4v) is 2.13. The van der Waals surface area contributed by atoms with Crippen LogP contribution in [-0.2, 0) is 9.53 Å². The van der Waals surface area contributed by atoms with Crippen molar-refractivity contribution < 1.29 is 19.4 Å². The molecule has 2 N–H and O–H groups in total. The Labute approximate surface area is 108 Å². The largest absolute Gasteiger partial charge is 0.444 e. The first-order valence-corrected chi connectivity index (χ1v) is 6.45. The number of Topliss-reactive ketones (excluding diaryl/α,β-unsaturated/α-hetero) is 1. The van der Waals surface area contributed by atoms with Crippen LogP contribution in [0.1, 0.15) is 46.5 Å². The van der Waals surface area contributed by atoms with E-state index in [-0.39, 0.29) is 18.3 Å². The highest BCUT2D eigenvalue weighted by molar-refractivity contribution is 5.82. The Bertz CT molecular complexity index is 309. The molecule has 0 heterocycles. The minimum absolute atomic E-state index is 0.0305. The molecule has 0 aromatic heterocycles. The average molecular weight is 257 g/mol. The molecule has 5 nitrogen and oxygen atoms in total. The number of hydrogen-bond donors (Lipinski definition) is 2. The molecule has 0 unspecified atom stereocenters. The molecule has 1 saturated carbocycles. The van der Waals surface area contributed by atoms with Crippen LogP contribution in [0.3, 0.4) is 0 Å². The van der Waals surface area contributed by atoms with E-state index in [1.165, 1.54) is 0 Å². The standard InChI is InChI=1S/C13H23NO4/c1-13(2,3)18-12(17)14-10(8-15)7-9-5-4-6-11(9)16/h9-10,15H,4-8H2,1-3H3,(H,14,17)/t9-,10-/m0/s1. The molecule has 0 bridgehead atoms. The van der Waals surface area contributed by atoms with Crippen LogP contribution in [0.2, 0.25) is 0 Å². The van der Waals surface area contributed by atoms with Crippen LogP contribution in [0.4, 0.5) is 4.79 Å². The summed E-state index contributed by atoms with van der Waals surface area (Å²) in [7, 11) is 0. The fraction of sp³-hybridized carbons (Fsp3) is 0.846. The summed E-state index contributed by atoms with van der Waals surface area (Å²) < 4.78 is 5.12. The summed E-state index contributed by atoms with van der Waals surface area (Å²) >= 11 is 0. The summed E-state index contributed by atoms with van der Waals surface area (Å²) in [4.78, 5) is 23.1. The van der Waals surface area contributed by atoms with Crippen LogP contribution < -0.4 is 5.32 Å². The molecule has 0 radical (unpaired) electrons. The third-order valence-electron chi connectivity index (χ3n) is 2.94. The lowest BCUT2D eigenvalue weighted by Gasteiger charge is -2.23. The Balaban J connectivity index is 2.42. The van der Waals surface area contributed by atoms with Gasteiger partial charge in [-0.05, 0) is 40.0 Å². The number of nitrogens with one attached hydrogen (secondary N) is 1. The van der Waals surface area contributed by atoms with E-state index in [0.717, 1.165) is 12.8 Å². The Morgan fingerprint density at radius 2 is 2.22 bits per heavy atom. The molecular weight excluding hydrogens is 234 g/mol. The SMILES string of the molecule is CC(C)(C)OC(=O)N[C@H](CO)C[C@@H]1CCCC1=O. The maximum Gasteiger partial charge on any atom is 0.407 e. The molecule has 1 rings (SSSR count). The number of amides is 1. The van der Waals surface area contributed by atoms with Gasteiger partial charge in [0.25, 0.3) is 0 Å². The highest BCUT2D eigenvalue weighted by Gasteiger charge is 2.28. The monoisotopic (exact) mass is 257 g/mol. The molecule has 0 aliphatic heterocycles. The van der Waals surface area contributed by atoms with E-state index in [1.54, 1.807) is 20.8 Å². The van der Waals surface area contributed by atoms with Crippen LogP contribution in [0.15, 0.2) is 0 Å². The van der Waals surface area contributed by atoms with Gasteiger partial charge in [-0.15, -0.1) is 0 Å². The normalized spacial score (nSPS) is 21.8. The topological polar surface area (TPSA) is 75.6 Å². The van der Waals surface area contributed by atoms with Gasteiger partial charge in [0.05, 0.1) is 12.6 Å². The second kappa shape index (κ2) is 6.18. The van der Waals surface area contributed by atoms with Gasteiger partial charge in [0, 0.05) is 12.3 Å². The van der Waals surface area contributed by atoms with Crippen LogP contribution in [-0.4, -0.2) is 35.2 Å². The first-order valence-electron chi connectivity index (χ1n) is 6.45. The molecule has 18 heavy (non-hydrogen) atoms. The number of carbonyl (C=O) groups is 2. The zero-order valence-electron chi connectivity index (χ0n) is 11.4. The van der Waals surface area contributed by atoms with Gasteiger partial charge < -0.3 is 15.2 Å². The highest BCUT2D eigenvalue weighted by Crippen LogP contribution is 2.25. The molecule has 1 fully saturated rings. The molecule has 1 amide bonds. The molecule has 0 spiro atoms. The van der Waals surface area contributed by atoms with Crippen molar-refractivity contribution in [3.63, 3.8) is 0 Å². The van der Waals surface area contributed by atoms with Gasteiger partial charge in [0.1, 0.15) is 11.4 Å². The summed E-state index contributed by atoms with van der Waals surface area (Å²) in [5.41, 5.74) is -0.562. The van der Waals surface area contributed by atoms with Gasteiger partial charge in [0.15, 0.2) is 0 Å². The first-order chi connectivity index (χ1) is 8.31. The fourth-order valence-electron chi connectivity index (χ4n) is 2.13. The van der Waals surface area contributed by atoms with Crippen molar-refractivity contribution in [2.45, 2.75) is 58.1 Å². The van der Waals surface area contributed by atoms with Crippen molar-refractivity contribution in [2.75, 3.05) is 6.61 Å². The minimum Gasteiger partial charge on any atom is -0.444 e.